The number of allylic oxidation sites excluding steroid dienone is 1. The van der Waals surface area contributed by atoms with Gasteiger partial charge in [0.1, 0.15) is 17.5 Å². The molecule has 0 amide bonds. The van der Waals surface area contributed by atoms with Gasteiger partial charge in [0.2, 0.25) is 0 Å². The second-order valence-electron chi connectivity index (χ2n) is 10.9. The molecule has 0 radical (unpaired) electrons. The molecule has 2 heterocycles. The van der Waals surface area contributed by atoms with Crippen molar-refractivity contribution in [2.24, 2.45) is 5.41 Å². The van der Waals surface area contributed by atoms with Gasteiger partial charge in [-0.2, -0.15) is 13.2 Å². The van der Waals surface area contributed by atoms with Crippen molar-refractivity contribution in [3.05, 3.63) is 70.9 Å². The Bertz CT molecular complexity index is 1360. The number of aromatic nitrogens is 2. The van der Waals surface area contributed by atoms with Crippen LogP contribution in [-0.4, -0.2) is 23.2 Å². The molecule has 4 nitrogen and oxygen atoms in total. The minimum absolute atomic E-state index is 0.0974. The van der Waals surface area contributed by atoms with Crippen LogP contribution in [0.1, 0.15) is 63.2 Å². The number of rotatable bonds is 4. The van der Waals surface area contributed by atoms with E-state index in [1.165, 1.54) is 18.2 Å². The third-order valence-electron chi connectivity index (χ3n) is 7.42. The molecule has 0 spiro atoms. The largest absolute Gasteiger partial charge is 0.398 e. The number of aryl methyl sites for hydroxylation is 1. The van der Waals surface area contributed by atoms with Crippen LogP contribution < -0.4 is 10.2 Å². The highest BCUT2D eigenvalue weighted by atomic mass is 19.4. The Morgan fingerprint density at radius 2 is 1.81 bits per heavy atom. The molecule has 1 aromatic heterocycles. The first-order valence-corrected chi connectivity index (χ1v) is 11.9. The lowest BCUT2D eigenvalue weighted by molar-refractivity contribution is -0.180. The van der Waals surface area contributed by atoms with Gasteiger partial charge in [0, 0.05) is 40.4 Å². The van der Waals surface area contributed by atoms with E-state index in [9.17, 15) is 13.2 Å². The first-order valence-electron chi connectivity index (χ1n) is 11.9. The Labute approximate surface area is 209 Å². The van der Waals surface area contributed by atoms with E-state index in [-0.39, 0.29) is 16.5 Å². The predicted molar refractivity (Wildman–Crippen MR) is 137 cm³/mol. The standard InChI is InChI=1S/C28H32F4N4/c1-15(19-10-9-11-21(24(19)29)27(6,7)28(30,31)32)33-25-20-13-23-18(12-22(20)34-17(3)35-25)14-26(4,5)16(2)36(23)8/h9-13,15H,2,14H2,1,3-8H3,(H,33,34,35)/t15-/m1/s1. The van der Waals surface area contributed by atoms with Crippen LogP contribution in [0.4, 0.5) is 29.1 Å². The van der Waals surface area contributed by atoms with Crippen LogP contribution in [0.25, 0.3) is 10.9 Å². The molecular weight excluding hydrogens is 468 g/mol. The predicted octanol–water partition coefficient (Wildman–Crippen LogP) is 7.62. The second-order valence-corrected chi connectivity index (χ2v) is 10.9. The van der Waals surface area contributed by atoms with Crippen molar-refractivity contribution >= 4 is 22.4 Å². The highest BCUT2D eigenvalue weighted by Crippen LogP contribution is 2.45. The molecular formula is C28H32F4N4. The molecule has 1 atom stereocenters. The summed E-state index contributed by atoms with van der Waals surface area (Å²) in [5, 5.41) is 3.98. The van der Waals surface area contributed by atoms with Crippen LogP contribution in [-0.2, 0) is 11.8 Å². The number of hydrogen-bond acceptors (Lipinski definition) is 4. The van der Waals surface area contributed by atoms with E-state index >= 15 is 4.39 Å². The summed E-state index contributed by atoms with van der Waals surface area (Å²) in [6.07, 6.45) is -3.77. The van der Waals surface area contributed by atoms with Gasteiger partial charge < -0.3 is 10.2 Å². The molecule has 0 saturated heterocycles. The lowest BCUT2D eigenvalue weighted by Crippen LogP contribution is -2.37. The highest BCUT2D eigenvalue weighted by molar-refractivity contribution is 5.93. The Hall–Kier alpha value is -3.16. The molecule has 0 bridgehead atoms. The second kappa shape index (κ2) is 8.46. The first-order chi connectivity index (χ1) is 16.5. The summed E-state index contributed by atoms with van der Waals surface area (Å²) in [4.78, 5) is 11.2. The summed E-state index contributed by atoms with van der Waals surface area (Å²) in [5.41, 5.74) is 1.21. The van der Waals surface area contributed by atoms with Gasteiger partial charge in [0.05, 0.1) is 17.0 Å². The Morgan fingerprint density at radius 3 is 2.44 bits per heavy atom. The van der Waals surface area contributed by atoms with Crippen molar-refractivity contribution in [2.45, 2.75) is 65.6 Å². The average Bonchev–Trinajstić information content (AvgIpc) is 2.75. The van der Waals surface area contributed by atoms with Gasteiger partial charge in [0.15, 0.2) is 0 Å². The number of nitrogens with zero attached hydrogens (tertiary/aromatic N) is 3. The molecule has 1 aliphatic heterocycles. The first kappa shape index (κ1) is 25.9. The zero-order valence-corrected chi connectivity index (χ0v) is 21.7. The minimum Gasteiger partial charge on any atom is -0.363 e. The third kappa shape index (κ3) is 4.20. The van der Waals surface area contributed by atoms with Gasteiger partial charge in [0.25, 0.3) is 0 Å². The van der Waals surface area contributed by atoms with E-state index in [0.29, 0.717) is 11.6 Å². The fraction of sp³-hybridized carbons (Fsp3) is 0.429. The lowest BCUT2D eigenvalue weighted by Gasteiger charge is -2.41. The Balaban J connectivity index is 1.78. The van der Waals surface area contributed by atoms with E-state index in [4.69, 9.17) is 0 Å². The van der Waals surface area contributed by atoms with E-state index in [2.05, 4.69) is 40.6 Å². The molecule has 0 unspecified atom stereocenters. The number of nitrogens with one attached hydrogen (secondary N) is 1. The van der Waals surface area contributed by atoms with E-state index in [1.54, 1.807) is 13.8 Å². The van der Waals surface area contributed by atoms with Crippen molar-refractivity contribution in [1.82, 2.24) is 9.97 Å². The van der Waals surface area contributed by atoms with Crippen molar-refractivity contribution in [3.8, 4) is 0 Å². The van der Waals surface area contributed by atoms with Crippen LogP contribution in [0.3, 0.4) is 0 Å². The molecule has 0 aliphatic carbocycles. The maximum Gasteiger partial charge on any atom is 0.398 e. The topological polar surface area (TPSA) is 41.0 Å². The maximum atomic E-state index is 15.4. The quantitative estimate of drug-likeness (QED) is 0.374. The smallest absolute Gasteiger partial charge is 0.363 e. The number of alkyl halides is 3. The van der Waals surface area contributed by atoms with Gasteiger partial charge in [-0.05, 0) is 51.8 Å². The number of benzene rings is 2. The van der Waals surface area contributed by atoms with Crippen molar-refractivity contribution in [3.63, 3.8) is 0 Å². The van der Waals surface area contributed by atoms with Gasteiger partial charge in [-0.3, -0.25) is 0 Å². The molecule has 192 valence electrons. The normalized spacial score (nSPS) is 16.8. The van der Waals surface area contributed by atoms with E-state index in [0.717, 1.165) is 48.1 Å². The summed E-state index contributed by atoms with van der Waals surface area (Å²) in [5.74, 6) is 0.166. The summed E-state index contributed by atoms with van der Waals surface area (Å²) in [6.45, 7) is 14.0. The third-order valence-corrected chi connectivity index (χ3v) is 7.42. The summed E-state index contributed by atoms with van der Waals surface area (Å²) in [7, 11) is 1.97. The monoisotopic (exact) mass is 500 g/mol. The molecule has 4 rings (SSSR count). The SMILES string of the molecule is C=C1N(C)c2cc3c(N[C@H](C)c4cccc(C(C)(C)C(F)(F)F)c4F)nc(C)nc3cc2CC1(C)C. The van der Waals surface area contributed by atoms with Gasteiger partial charge in [-0.25, -0.2) is 14.4 Å². The van der Waals surface area contributed by atoms with Crippen LogP contribution in [0.5, 0.6) is 0 Å². The zero-order valence-electron chi connectivity index (χ0n) is 21.7. The molecule has 2 aromatic carbocycles. The summed E-state index contributed by atoms with van der Waals surface area (Å²) in [6, 6.07) is 7.56. The number of anilines is 2. The Morgan fingerprint density at radius 1 is 1.14 bits per heavy atom. The van der Waals surface area contributed by atoms with Gasteiger partial charge in [-0.15, -0.1) is 0 Å². The highest BCUT2D eigenvalue weighted by Gasteiger charge is 2.50. The lowest BCUT2D eigenvalue weighted by atomic mass is 9.78. The van der Waals surface area contributed by atoms with E-state index < -0.39 is 23.5 Å². The van der Waals surface area contributed by atoms with Crippen molar-refractivity contribution < 1.29 is 17.6 Å². The fourth-order valence-electron chi connectivity index (χ4n) is 4.87. The molecule has 36 heavy (non-hydrogen) atoms. The maximum absolute atomic E-state index is 15.4. The molecule has 1 N–H and O–H groups in total. The van der Waals surface area contributed by atoms with Gasteiger partial charge >= 0.3 is 6.18 Å². The van der Waals surface area contributed by atoms with Gasteiger partial charge in [-0.1, -0.05) is 38.6 Å². The van der Waals surface area contributed by atoms with Crippen LogP contribution in [0.2, 0.25) is 0 Å². The van der Waals surface area contributed by atoms with Crippen molar-refractivity contribution in [1.29, 1.82) is 0 Å². The van der Waals surface area contributed by atoms with Crippen molar-refractivity contribution in [2.75, 3.05) is 17.3 Å². The van der Waals surface area contributed by atoms with Crippen LogP contribution >= 0.6 is 0 Å². The number of hydrogen-bond donors (Lipinski definition) is 1. The average molecular weight is 501 g/mol. The Kier molecular flexibility index (Phi) is 6.09. The summed E-state index contributed by atoms with van der Waals surface area (Å²) >= 11 is 0. The number of halogens is 4. The van der Waals surface area contributed by atoms with Crippen LogP contribution in [0, 0.1) is 18.2 Å². The van der Waals surface area contributed by atoms with Crippen LogP contribution in [0.15, 0.2) is 42.6 Å². The van der Waals surface area contributed by atoms with E-state index in [1.807, 2.05) is 19.2 Å². The summed E-state index contributed by atoms with van der Waals surface area (Å²) < 4.78 is 56.3. The molecule has 8 heteroatoms. The number of fused-ring (bicyclic) bond motifs is 2. The molecule has 1 aliphatic rings. The minimum atomic E-state index is -4.59. The molecule has 0 fully saturated rings. The molecule has 3 aromatic rings. The molecule has 0 saturated carbocycles. The fourth-order valence-corrected chi connectivity index (χ4v) is 4.87. The zero-order chi connectivity index (χ0) is 26.8.